The zero-order chi connectivity index (χ0) is 35.9. The predicted molar refractivity (Wildman–Crippen MR) is 212 cm³/mol. The third-order valence-electron chi connectivity index (χ3n) is 9.36. The van der Waals surface area contributed by atoms with Crippen LogP contribution in [0.5, 0.6) is 17.2 Å². The molecule has 272 valence electrons. The average Bonchev–Trinajstić information content (AvgIpc) is 3.10. The monoisotopic (exact) mass is 750 g/mol. The third kappa shape index (κ3) is 10.2. The summed E-state index contributed by atoms with van der Waals surface area (Å²) in [6.45, 7) is 13.7. The maximum absolute atomic E-state index is 11.9. The van der Waals surface area contributed by atoms with Crippen LogP contribution >= 0.6 is 46.4 Å². The molecule has 3 nitrogen and oxygen atoms in total. The van der Waals surface area contributed by atoms with Crippen LogP contribution in [-0.2, 0) is 75.3 Å². The van der Waals surface area contributed by atoms with E-state index >= 15 is 0 Å². The highest BCUT2D eigenvalue weighted by molar-refractivity contribution is 6.18. The van der Waals surface area contributed by atoms with Gasteiger partial charge in [-0.2, -0.15) is 0 Å². The summed E-state index contributed by atoms with van der Waals surface area (Å²) in [6, 6.07) is 6.55. The summed E-state index contributed by atoms with van der Waals surface area (Å²) in [5.41, 5.74) is 12.9. The Labute approximate surface area is 317 Å². The van der Waals surface area contributed by atoms with Gasteiger partial charge in [-0.05, 0) is 100 Å². The van der Waals surface area contributed by atoms with Crippen molar-refractivity contribution in [2.24, 2.45) is 0 Å². The minimum absolute atomic E-state index is 0.337. The third-order valence-corrected chi connectivity index (χ3v) is 10.5. The van der Waals surface area contributed by atoms with E-state index in [0.717, 1.165) is 133 Å². The molecule has 0 saturated heterocycles. The first-order valence-electron chi connectivity index (χ1n) is 18.5. The molecule has 0 amide bonds. The standard InChI is InChI=1S/C42H58Cl4O3/c1-7-13-34-32(26-48-41-36(15-9-3)28(22-43)19-29(23-44)37(41)16-10-4)21-33(35(14-8-2)40(34)47)27-49-42-38(17-11-5)30(24-45)20-31(25-46)39(42)18-12-6/h19-21,47H,7-18,22-27H2,1-6H3. The summed E-state index contributed by atoms with van der Waals surface area (Å²) in [6.07, 6.45) is 10.8. The molecule has 0 fully saturated rings. The summed E-state index contributed by atoms with van der Waals surface area (Å²) in [7, 11) is 0. The van der Waals surface area contributed by atoms with Gasteiger partial charge in [-0.25, -0.2) is 0 Å². The van der Waals surface area contributed by atoms with Crippen molar-refractivity contribution in [2.75, 3.05) is 0 Å². The first kappa shape index (κ1) is 41.6. The predicted octanol–water partition coefficient (Wildman–Crippen LogP) is 13.2. The number of rotatable bonds is 22. The number of phenols is 1. The van der Waals surface area contributed by atoms with E-state index < -0.39 is 0 Å². The number of alkyl halides is 4. The molecule has 0 aromatic heterocycles. The number of hydrogen-bond acceptors (Lipinski definition) is 3. The van der Waals surface area contributed by atoms with Gasteiger partial charge in [0.15, 0.2) is 0 Å². The second kappa shape index (κ2) is 21.6. The van der Waals surface area contributed by atoms with Crippen molar-refractivity contribution in [3.05, 3.63) is 85.0 Å². The zero-order valence-corrected chi connectivity index (χ0v) is 33.8. The summed E-state index contributed by atoms with van der Waals surface area (Å²) in [5, 5.41) is 11.9. The van der Waals surface area contributed by atoms with Gasteiger partial charge in [0, 0.05) is 34.6 Å². The number of benzene rings is 3. The molecule has 3 aromatic carbocycles. The molecule has 0 saturated carbocycles. The van der Waals surface area contributed by atoms with Crippen LogP contribution in [0.2, 0.25) is 0 Å². The Morgan fingerprint density at radius 2 is 0.653 bits per heavy atom. The molecule has 7 heteroatoms. The fourth-order valence-electron chi connectivity index (χ4n) is 7.12. The fourth-order valence-corrected chi connectivity index (χ4v) is 8.08. The van der Waals surface area contributed by atoms with Gasteiger partial charge in [0.25, 0.3) is 0 Å². The average molecular weight is 753 g/mol. The van der Waals surface area contributed by atoms with Crippen molar-refractivity contribution < 1.29 is 14.6 Å². The number of aromatic hydroxyl groups is 1. The van der Waals surface area contributed by atoms with Crippen LogP contribution in [-0.4, -0.2) is 5.11 Å². The number of halogens is 4. The molecular formula is C42H58Cl4O3. The lowest BCUT2D eigenvalue weighted by Crippen LogP contribution is -2.12. The van der Waals surface area contributed by atoms with Gasteiger partial charge >= 0.3 is 0 Å². The van der Waals surface area contributed by atoms with Gasteiger partial charge in [0.05, 0.1) is 0 Å². The van der Waals surface area contributed by atoms with Crippen molar-refractivity contribution >= 4 is 46.4 Å². The number of ether oxygens (including phenoxy) is 2. The second-order valence-corrected chi connectivity index (χ2v) is 14.1. The molecule has 49 heavy (non-hydrogen) atoms. The maximum Gasteiger partial charge on any atom is 0.126 e. The molecule has 3 aromatic rings. The molecule has 0 spiro atoms. The fraction of sp³-hybridized carbons (Fsp3) is 0.571. The Balaban J connectivity index is 2.19. The van der Waals surface area contributed by atoms with Crippen LogP contribution < -0.4 is 9.47 Å². The molecule has 0 unspecified atom stereocenters. The Morgan fingerprint density at radius 3 is 0.898 bits per heavy atom. The van der Waals surface area contributed by atoms with E-state index in [-0.39, 0.29) is 0 Å². The molecule has 1 N–H and O–H groups in total. The summed E-state index contributed by atoms with van der Waals surface area (Å²) in [4.78, 5) is 0. The van der Waals surface area contributed by atoms with Crippen LogP contribution in [0.15, 0.2) is 18.2 Å². The Hall–Kier alpha value is -1.78. The first-order valence-corrected chi connectivity index (χ1v) is 20.6. The molecular weight excluding hydrogens is 694 g/mol. The second-order valence-electron chi connectivity index (χ2n) is 13.1. The van der Waals surface area contributed by atoms with E-state index in [2.05, 4.69) is 59.7 Å². The number of hydrogen-bond donors (Lipinski definition) is 1. The lowest BCUT2D eigenvalue weighted by Gasteiger charge is -2.24. The van der Waals surface area contributed by atoms with Crippen molar-refractivity contribution in [3.63, 3.8) is 0 Å². The van der Waals surface area contributed by atoms with Crippen molar-refractivity contribution in [2.45, 2.75) is 155 Å². The molecule has 0 aliphatic carbocycles. The van der Waals surface area contributed by atoms with Crippen LogP contribution in [0.4, 0.5) is 0 Å². The Morgan fingerprint density at radius 1 is 0.408 bits per heavy atom. The van der Waals surface area contributed by atoms with Crippen LogP contribution in [0, 0.1) is 0 Å². The Bertz CT molecular complexity index is 1330. The smallest absolute Gasteiger partial charge is 0.126 e. The van der Waals surface area contributed by atoms with Gasteiger partial charge in [-0.1, -0.05) is 92.2 Å². The van der Waals surface area contributed by atoms with Gasteiger partial charge in [-0.15, -0.1) is 46.4 Å². The SMILES string of the molecule is CCCc1c(COc2c(CCC)c(CCl)cc(CCl)c2CCC)cc(COc2c(CCC)c(CCl)cc(CCl)c2CCC)c(CCC)c1O. The van der Waals surface area contributed by atoms with E-state index in [1.54, 1.807) is 0 Å². The molecule has 0 radical (unpaired) electrons. The molecule has 0 bridgehead atoms. The molecule has 3 rings (SSSR count). The summed E-state index contributed by atoms with van der Waals surface area (Å²) >= 11 is 26.0. The van der Waals surface area contributed by atoms with Crippen molar-refractivity contribution in [1.82, 2.24) is 0 Å². The maximum atomic E-state index is 11.9. The summed E-state index contributed by atoms with van der Waals surface area (Å²) < 4.78 is 13.7. The highest BCUT2D eigenvalue weighted by Crippen LogP contribution is 2.39. The summed E-state index contributed by atoms with van der Waals surface area (Å²) in [5.74, 6) is 3.84. The largest absolute Gasteiger partial charge is 0.507 e. The minimum atomic E-state index is 0.337. The van der Waals surface area contributed by atoms with E-state index in [0.29, 0.717) is 42.5 Å². The van der Waals surface area contributed by atoms with Crippen LogP contribution in [0.1, 0.15) is 147 Å². The topological polar surface area (TPSA) is 38.7 Å². The Kier molecular flexibility index (Phi) is 18.3. The number of phenolic OH excluding ortho intramolecular Hbond substituents is 1. The zero-order valence-electron chi connectivity index (χ0n) is 30.7. The minimum Gasteiger partial charge on any atom is -0.507 e. The quantitative estimate of drug-likeness (QED) is 0.104. The van der Waals surface area contributed by atoms with Crippen LogP contribution in [0.3, 0.4) is 0 Å². The van der Waals surface area contributed by atoms with E-state index in [9.17, 15) is 5.11 Å². The normalized spacial score (nSPS) is 11.4. The van der Waals surface area contributed by atoms with Gasteiger partial charge < -0.3 is 14.6 Å². The highest BCUT2D eigenvalue weighted by Gasteiger charge is 2.23. The lowest BCUT2D eigenvalue weighted by molar-refractivity contribution is 0.289. The van der Waals surface area contributed by atoms with Crippen LogP contribution in [0.25, 0.3) is 0 Å². The van der Waals surface area contributed by atoms with Gasteiger partial charge in [0.2, 0.25) is 0 Å². The molecule has 0 aliphatic heterocycles. The van der Waals surface area contributed by atoms with Crippen molar-refractivity contribution in [3.8, 4) is 17.2 Å². The molecule has 0 atom stereocenters. The molecule has 0 heterocycles. The lowest BCUT2D eigenvalue weighted by atomic mass is 9.91. The van der Waals surface area contributed by atoms with E-state index in [4.69, 9.17) is 55.9 Å². The van der Waals surface area contributed by atoms with Gasteiger partial charge in [-0.3, -0.25) is 0 Å². The highest BCUT2D eigenvalue weighted by atomic mass is 35.5. The van der Waals surface area contributed by atoms with Crippen molar-refractivity contribution in [1.29, 1.82) is 0 Å². The van der Waals surface area contributed by atoms with E-state index in [1.165, 1.54) is 22.3 Å². The first-order chi connectivity index (χ1) is 23.8. The van der Waals surface area contributed by atoms with E-state index in [1.807, 2.05) is 0 Å². The molecule has 0 aliphatic rings. The van der Waals surface area contributed by atoms with Gasteiger partial charge in [0.1, 0.15) is 30.5 Å².